The van der Waals surface area contributed by atoms with Crippen molar-refractivity contribution in [1.82, 2.24) is 0 Å². The van der Waals surface area contributed by atoms with Gasteiger partial charge in [0.25, 0.3) is 0 Å². The topological polar surface area (TPSA) is 73.9 Å². The van der Waals surface area contributed by atoms with Crippen LogP contribution in [-0.4, -0.2) is 18.9 Å². The number of carbonyl (C=O) groups excluding carboxylic acids is 1. The Kier molecular flexibility index (Phi) is 5.11. The van der Waals surface area contributed by atoms with Crippen LogP contribution in [0, 0.1) is 0 Å². The van der Waals surface area contributed by atoms with Crippen LogP contribution in [0.1, 0.15) is 15.2 Å². The Morgan fingerprint density at radius 2 is 1.88 bits per heavy atom. The number of nitrogens with zero attached hydrogens (tertiary/aromatic N) is 1. The number of para-hydroxylation sites is 1. The first-order chi connectivity index (χ1) is 12.2. The maximum Gasteiger partial charge on any atom is 0.341 e. The predicted octanol–water partition coefficient (Wildman–Crippen LogP) is 4.36. The number of benzene rings is 2. The van der Waals surface area contributed by atoms with E-state index in [0.717, 1.165) is 4.88 Å². The molecule has 0 aliphatic carbocycles. The van der Waals surface area contributed by atoms with Crippen molar-refractivity contribution in [1.29, 1.82) is 0 Å². The number of nitrogens with two attached hydrogens (primary N) is 1. The van der Waals surface area contributed by atoms with Crippen molar-refractivity contribution >= 4 is 28.8 Å². The maximum atomic E-state index is 12.1. The number of ether oxygens (including phenoxy) is 2. The lowest BCUT2D eigenvalue weighted by atomic mass is 10.1. The zero-order valence-electron chi connectivity index (χ0n) is 13.5. The highest BCUT2D eigenvalue weighted by atomic mass is 32.1. The largest absolute Gasteiger partial charge is 0.465 e. The molecule has 5 nitrogen and oxygen atoms in total. The maximum absolute atomic E-state index is 12.1. The monoisotopic (exact) mass is 352 g/mol. The molecule has 0 atom stereocenters. The van der Waals surface area contributed by atoms with Crippen molar-refractivity contribution in [2.45, 2.75) is 0 Å². The molecule has 1 aromatic heterocycles. The fraction of sp³-hybridized carbons (Fsp3) is 0.0526. The van der Waals surface area contributed by atoms with Crippen molar-refractivity contribution in [2.75, 3.05) is 7.11 Å². The van der Waals surface area contributed by atoms with E-state index in [1.807, 2.05) is 47.8 Å². The fourth-order valence-electron chi connectivity index (χ4n) is 2.18. The van der Waals surface area contributed by atoms with Gasteiger partial charge in [-0.15, -0.1) is 11.3 Å². The van der Waals surface area contributed by atoms with Gasteiger partial charge < -0.3 is 15.2 Å². The number of esters is 1. The molecule has 3 aromatic rings. The SMILES string of the molecule is COC(=O)c1cc(N=C(N)c2cccs2)ccc1Oc1ccccc1. The summed E-state index contributed by atoms with van der Waals surface area (Å²) in [6.45, 7) is 0. The summed E-state index contributed by atoms with van der Waals surface area (Å²) in [4.78, 5) is 17.3. The summed E-state index contributed by atoms with van der Waals surface area (Å²) >= 11 is 1.50. The molecule has 2 N–H and O–H groups in total. The summed E-state index contributed by atoms with van der Waals surface area (Å²) in [6.07, 6.45) is 0. The van der Waals surface area contributed by atoms with Gasteiger partial charge in [0.15, 0.2) is 0 Å². The Labute approximate surface area is 149 Å². The van der Waals surface area contributed by atoms with E-state index in [-0.39, 0.29) is 5.56 Å². The molecule has 0 amide bonds. The number of rotatable bonds is 5. The zero-order chi connectivity index (χ0) is 17.6. The van der Waals surface area contributed by atoms with Gasteiger partial charge in [-0.05, 0) is 41.8 Å². The van der Waals surface area contributed by atoms with Gasteiger partial charge in [-0.3, -0.25) is 0 Å². The molecular formula is C19H16N2O3S. The van der Waals surface area contributed by atoms with E-state index >= 15 is 0 Å². The summed E-state index contributed by atoms with van der Waals surface area (Å²) in [5.74, 6) is 0.911. The zero-order valence-corrected chi connectivity index (χ0v) is 14.3. The summed E-state index contributed by atoms with van der Waals surface area (Å²) < 4.78 is 10.6. The number of methoxy groups -OCH3 is 1. The van der Waals surface area contributed by atoms with E-state index in [2.05, 4.69) is 4.99 Å². The Bertz CT molecular complexity index is 890. The highest BCUT2D eigenvalue weighted by molar-refractivity contribution is 7.12. The Balaban J connectivity index is 1.95. The summed E-state index contributed by atoms with van der Waals surface area (Å²) in [6, 6.07) is 18.0. The molecule has 0 fully saturated rings. The minimum absolute atomic E-state index is 0.284. The van der Waals surface area contributed by atoms with Crippen LogP contribution in [0.5, 0.6) is 11.5 Å². The molecule has 2 aromatic carbocycles. The third-order valence-electron chi connectivity index (χ3n) is 3.36. The third-order valence-corrected chi connectivity index (χ3v) is 4.26. The van der Waals surface area contributed by atoms with E-state index in [0.29, 0.717) is 23.0 Å². The molecule has 25 heavy (non-hydrogen) atoms. The molecule has 1 heterocycles. The average molecular weight is 352 g/mol. The van der Waals surface area contributed by atoms with Gasteiger partial charge in [0.1, 0.15) is 22.9 Å². The fourth-order valence-corrected chi connectivity index (χ4v) is 2.81. The van der Waals surface area contributed by atoms with Crippen molar-refractivity contribution in [3.8, 4) is 11.5 Å². The Hall–Kier alpha value is -3.12. The van der Waals surface area contributed by atoms with E-state index in [9.17, 15) is 4.79 Å². The molecule has 0 saturated carbocycles. The number of amidine groups is 1. The van der Waals surface area contributed by atoms with Crippen molar-refractivity contribution in [3.63, 3.8) is 0 Å². The lowest BCUT2D eigenvalue weighted by Gasteiger charge is -2.10. The lowest BCUT2D eigenvalue weighted by molar-refractivity contribution is 0.0598. The molecular weight excluding hydrogens is 336 g/mol. The van der Waals surface area contributed by atoms with Crippen LogP contribution in [-0.2, 0) is 4.74 Å². The molecule has 0 aliphatic heterocycles. The first-order valence-corrected chi connectivity index (χ1v) is 8.38. The summed E-state index contributed by atoms with van der Waals surface area (Å²) in [5.41, 5.74) is 6.84. The average Bonchev–Trinajstić information content (AvgIpc) is 3.18. The second kappa shape index (κ2) is 7.63. The van der Waals surface area contributed by atoms with Gasteiger partial charge in [0.05, 0.1) is 17.7 Å². The molecule has 126 valence electrons. The van der Waals surface area contributed by atoms with E-state index < -0.39 is 5.97 Å². The van der Waals surface area contributed by atoms with E-state index in [1.54, 1.807) is 18.2 Å². The van der Waals surface area contributed by atoms with Crippen molar-refractivity contribution in [2.24, 2.45) is 10.7 Å². The highest BCUT2D eigenvalue weighted by Crippen LogP contribution is 2.29. The molecule has 0 spiro atoms. The number of thiophene rings is 1. The van der Waals surface area contributed by atoms with Crippen LogP contribution < -0.4 is 10.5 Å². The minimum Gasteiger partial charge on any atom is -0.465 e. The molecule has 3 rings (SSSR count). The van der Waals surface area contributed by atoms with Gasteiger partial charge >= 0.3 is 5.97 Å². The predicted molar refractivity (Wildman–Crippen MR) is 99.0 cm³/mol. The number of hydrogen-bond donors (Lipinski definition) is 1. The van der Waals surface area contributed by atoms with E-state index in [1.165, 1.54) is 18.4 Å². The second-order valence-corrected chi connectivity index (χ2v) is 6.01. The van der Waals surface area contributed by atoms with Gasteiger partial charge in [0, 0.05) is 0 Å². The van der Waals surface area contributed by atoms with Gasteiger partial charge in [0.2, 0.25) is 0 Å². The molecule has 0 bridgehead atoms. The van der Waals surface area contributed by atoms with Crippen molar-refractivity contribution in [3.05, 3.63) is 76.5 Å². The highest BCUT2D eigenvalue weighted by Gasteiger charge is 2.15. The Morgan fingerprint density at radius 3 is 2.56 bits per heavy atom. The molecule has 0 aliphatic rings. The van der Waals surface area contributed by atoms with Crippen LogP contribution in [0.2, 0.25) is 0 Å². The molecule has 0 radical (unpaired) electrons. The summed E-state index contributed by atoms with van der Waals surface area (Å²) in [5, 5.41) is 1.92. The smallest absolute Gasteiger partial charge is 0.341 e. The van der Waals surface area contributed by atoms with Crippen LogP contribution in [0.3, 0.4) is 0 Å². The number of hydrogen-bond acceptors (Lipinski definition) is 5. The van der Waals surface area contributed by atoms with E-state index in [4.69, 9.17) is 15.2 Å². The molecule has 6 heteroatoms. The van der Waals surface area contributed by atoms with Crippen LogP contribution in [0.4, 0.5) is 5.69 Å². The summed E-state index contributed by atoms with van der Waals surface area (Å²) in [7, 11) is 1.32. The second-order valence-electron chi connectivity index (χ2n) is 5.06. The van der Waals surface area contributed by atoms with Crippen molar-refractivity contribution < 1.29 is 14.3 Å². The van der Waals surface area contributed by atoms with Gasteiger partial charge in [-0.2, -0.15) is 0 Å². The first-order valence-electron chi connectivity index (χ1n) is 7.50. The molecule has 0 unspecified atom stereocenters. The number of aliphatic imine (C=N–C) groups is 1. The Morgan fingerprint density at radius 1 is 1.08 bits per heavy atom. The van der Waals surface area contributed by atoms with Crippen LogP contribution in [0.25, 0.3) is 0 Å². The van der Waals surface area contributed by atoms with Crippen LogP contribution >= 0.6 is 11.3 Å². The molecule has 0 saturated heterocycles. The normalized spacial score (nSPS) is 11.2. The third kappa shape index (κ3) is 4.05. The van der Waals surface area contributed by atoms with Gasteiger partial charge in [-0.25, -0.2) is 9.79 Å². The standard InChI is InChI=1S/C19H16N2O3S/c1-23-19(22)15-12-13(21-18(20)17-8-5-11-25-17)9-10-16(15)24-14-6-3-2-4-7-14/h2-12H,1H3,(H2,20,21). The minimum atomic E-state index is -0.502. The lowest BCUT2D eigenvalue weighted by Crippen LogP contribution is -2.10. The number of carbonyl (C=O) groups is 1. The first kappa shape index (κ1) is 16.7. The quantitative estimate of drug-likeness (QED) is 0.420. The van der Waals surface area contributed by atoms with Gasteiger partial charge in [-0.1, -0.05) is 24.3 Å². The van der Waals surface area contributed by atoms with Crippen LogP contribution in [0.15, 0.2) is 71.0 Å².